The third kappa shape index (κ3) is 3.22. The van der Waals surface area contributed by atoms with Crippen LogP contribution in [0.3, 0.4) is 0 Å². The molecule has 3 aliphatic rings. The molecular formula is C19H24BN2O3. The number of carbonyl (C=O) groups is 3. The van der Waals surface area contributed by atoms with Gasteiger partial charge in [0.25, 0.3) is 7.41 Å². The molecule has 1 unspecified atom stereocenters. The standard InChI is InChI=1S/C19H24BN2O3/c1-18(2,3)12-8-9-19(4,5)10-11-15(12)20-22(17(11)25)13-6-7-14(23)21-16(13)24/h8-10,13H,6-7H2,1-5H3,(H,21,23,24). The quantitative estimate of drug-likeness (QED) is 0.588. The Morgan fingerprint density at radius 1 is 1.24 bits per heavy atom. The SMILES string of the molecule is CC1(C)C=CC(C(C)(C)C)=C2[B]N(C3CCC(=O)NC3=O)C(=O)C2=C1. The molecule has 0 spiro atoms. The van der Waals surface area contributed by atoms with Gasteiger partial charge in [0.2, 0.25) is 17.7 Å². The van der Waals surface area contributed by atoms with E-state index in [4.69, 9.17) is 0 Å². The van der Waals surface area contributed by atoms with Gasteiger partial charge in [0, 0.05) is 17.4 Å². The zero-order valence-corrected chi connectivity index (χ0v) is 15.5. The number of fused-ring (bicyclic) bond motifs is 1. The maximum absolute atomic E-state index is 13.1. The molecule has 0 saturated carbocycles. The van der Waals surface area contributed by atoms with Gasteiger partial charge in [-0.25, -0.2) is 0 Å². The number of nitrogens with zero attached hydrogens (tertiary/aromatic N) is 1. The van der Waals surface area contributed by atoms with Gasteiger partial charge in [0.1, 0.15) is 0 Å². The summed E-state index contributed by atoms with van der Waals surface area (Å²) in [7, 11) is 1.79. The molecule has 1 radical (unpaired) electrons. The minimum atomic E-state index is -0.626. The summed E-state index contributed by atoms with van der Waals surface area (Å²) < 4.78 is 0. The van der Waals surface area contributed by atoms with E-state index in [2.05, 4.69) is 52.1 Å². The molecule has 0 aromatic heterocycles. The summed E-state index contributed by atoms with van der Waals surface area (Å²) in [6.07, 6.45) is 6.80. The number of hydrogen-bond donors (Lipinski definition) is 1. The Hall–Kier alpha value is -2.11. The second kappa shape index (κ2) is 5.72. The van der Waals surface area contributed by atoms with Gasteiger partial charge < -0.3 is 4.81 Å². The average molecular weight is 339 g/mol. The van der Waals surface area contributed by atoms with Gasteiger partial charge in [-0.15, -0.1) is 0 Å². The van der Waals surface area contributed by atoms with E-state index >= 15 is 0 Å². The lowest BCUT2D eigenvalue weighted by Gasteiger charge is -2.29. The molecule has 3 amide bonds. The molecular weight excluding hydrogens is 315 g/mol. The summed E-state index contributed by atoms with van der Waals surface area (Å²) >= 11 is 0. The van der Waals surface area contributed by atoms with E-state index in [9.17, 15) is 14.4 Å². The van der Waals surface area contributed by atoms with E-state index in [0.29, 0.717) is 12.0 Å². The van der Waals surface area contributed by atoms with Crippen LogP contribution >= 0.6 is 0 Å². The Morgan fingerprint density at radius 2 is 1.92 bits per heavy atom. The average Bonchev–Trinajstić information content (AvgIpc) is 2.68. The van der Waals surface area contributed by atoms with Crippen molar-refractivity contribution in [3.05, 3.63) is 34.8 Å². The van der Waals surface area contributed by atoms with E-state index in [-0.39, 0.29) is 29.1 Å². The van der Waals surface area contributed by atoms with Crippen molar-refractivity contribution in [2.75, 3.05) is 0 Å². The highest BCUT2D eigenvalue weighted by atomic mass is 16.2. The number of carbonyl (C=O) groups excluding carboxylic acids is 3. The van der Waals surface area contributed by atoms with Gasteiger partial charge in [-0.2, -0.15) is 0 Å². The van der Waals surface area contributed by atoms with Crippen LogP contribution in [-0.2, 0) is 14.4 Å². The zero-order chi connectivity index (χ0) is 18.6. The van der Waals surface area contributed by atoms with Crippen LogP contribution < -0.4 is 5.32 Å². The van der Waals surface area contributed by atoms with Crippen LogP contribution in [0.25, 0.3) is 0 Å². The number of rotatable bonds is 1. The second-order valence-electron chi connectivity index (χ2n) is 8.60. The Kier molecular flexibility index (Phi) is 4.05. The molecule has 1 N–H and O–H groups in total. The first kappa shape index (κ1) is 17.7. The fraction of sp³-hybridized carbons (Fsp3) is 0.526. The normalized spacial score (nSPS) is 26.1. The van der Waals surface area contributed by atoms with E-state index in [1.807, 2.05) is 6.08 Å². The van der Waals surface area contributed by atoms with Crippen LogP contribution in [0.5, 0.6) is 0 Å². The molecule has 1 aliphatic carbocycles. The van der Waals surface area contributed by atoms with Crippen molar-refractivity contribution in [3.8, 4) is 0 Å². The van der Waals surface area contributed by atoms with Crippen molar-refractivity contribution in [1.29, 1.82) is 0 Å². The van der Waals surface area contributed by atoms with Crippen LogP contribution in [0, 0.1) is 10.8 Å². The fourth-order valence-corrected chi connectivity index (χ4v) is 3.52. The third-order valence-corrected chi connectivity index (χ3v) is 4.86. The highest BCUT2D eigenvalue weighted by Crippen LogP contribution is 2.41. The van der Waals surface area contributed by atoms with E-state index in [0.717, 1.165) is 11.0 Å². The first-order valence-corrected chi connectivity index (χ1v) is 8.68. The first-order chi connectivity index (χ1) is 11.5. The highest BCUT2D eigenvalue weighted by Gasteiger charge is 2.44. The van der Waals surface area contributed by atoms with Gasteiger partial charge in [-0.3, -0.25) is 19.7 Å². The maximum Gasteiger partial charge on any atom is 0.290 e. The number of nitrogens with one attached hydrogen (secondary N) is 1. The van der Waals surface area contributed by atoms with Crippen molar-refractivity contribution in [2.24, 2.45) is 10.8 Å². The number of amides is 3. The van der Waals surface area contributed by atoms with Crippen molar-refractivity contribution < 1.29 is 14.4 Å². The lowest BCUT2D eigenvalue weighted by molar-refractivity contribution is -0.140. The molecule has 1 atom stereocenters. The van der Waals surface area contributed by atoms with Crippen molar-refractivity contribution in [1.82, 2.24) is 10.1 Å². The van der Waals surface area contributed by atoms with Crippen molar-refractivity contribution in [2.45, 2.75) is 53.5 Å². The minimum absolute atomic E-state index is 0.136. The molecule has 0 aromatic carbocycles. The van der Waals surface area contributed by atoms with Crippen molar-refractivity contribution in [3.63, 3.8) is 0 Å². The molecule has 6 heteroatoms. The topological polar surface area (TPSA) is 66.5 Å². The number of hydrogen-bond acceptors (Lipinski definition) is 3. The molecule has 5 nitrogen and oxygen atoms in total. The summed E-state index contributed by atoms with van der Waals surface area (Å²) in [4.78, 5) is 38.2. The summed E-state index contributed by atoms with van der Waals surface area (Å²) in [6, 6.07) is -0.626. The molecule has 2 fully saturated rings. The first-order valence-electron chi connectivity index (χ1n) is 8.68. The van der Waals surface area contributed by atoms with Crippen LogP contribution in [0.1, 0.15) is 47.5 Å². The molecule has 3 rings (SSSR count). The molecule has 131 valence electrons. The van der Waals surface area contributed by atoms with E-state index in [1.165, 1.54) is 4.81 Å². The summed E-state index contributed by atoms with van der Waals surface area (Å²) in [5.74, 6) is -0.839. The Balaban J connectivity index is 2.05. The molecule has 2 aliphatic heterocycles. The minimum Gasteiger partial charge on any atom is -0.371 e. The monoisotopic (exact) mass is 339 g/mol. The molecule has 0 aromatic rings. The number of imide groups is 1. The smallest absolute Gasteiger partial charge is 0.290 e. The van der Waals surface area contributed by atoms with Gasteiger partial charge in [-0.1, -0.05) is 52.8 Å². The summed E-state index contributed by atoms with van der Waals surface area (Å²) in [5, 5.41) is 2.34. The predicted molar refractivity (Wildman–Crippen MR) is 96.3 cm³/mol. The zero-order valence-electron chi connectivity index (χ0n) is 15.5. The van der Waals surface area contributed by atoms with Crippen LogP contribution in [0.2, 0.25) is 0 Å². The molecule has 2 heterocycles. The lowest BCUT2D eigenvalue weighted by atomic mass is 9.70. The van der Waals surface area contributed by atoms with Crippen LogP contribution in [0.4, 0.5) is 0 Å². The summed E-state index contributed by atoms with van der Waals surface area (Å²) in [6.45, 7) is 10.5. The lowest BCUT2D eigenvalue weighted by Crippen LogP contribution is -2.53. The maximum atomic E-state index is 13.1. The summed E-state index contributed by atoms with van der Waals surface area (Å²) in [5.41, 5.74) is 2.21. The Bertz CT molecular complexity index is 753. The van der Waals surface area contributed by atoms with Gasteiger partial charge in [-0.05, 0) is 22.9 Å². The largest absolute Gasteiger partial charge is 0.371 e. The number of piperidine rings is 1. The second-order valence-corrected chi connectivity index (χ2v) is 8.60. The van der Waals surface area contributed by atoms with E-state index < -0.39 is 11.9 Å². The van der Waals surface area contributed by atoms with Gasteiger partial charge in [0.05, 0.1) is 6.04 Å². The molecule has 25 heavy (non-hydrogen) atoms. The van der Waals surface area contributed by atoms with Crippen LogP contribution in [0.15, 0.2) is 34.8 Å². The van der Waals surface area contributed by atoms with Gasteiger partial charge in [0.15, 0.2) is 0 Å². The fourth-order valence-electron chi connectivity index (χ4n) is 3.52. The Labute approximate surface area is 149 Å². The predicted octanol–water partition coefficient (Wildman–Crippen LogP) is 2.08. The van der Waals surface area contributed by atoms with Gasteiger partial charge >= 0.3 is 0 Å². The highest BCUT2D eigenvalue weighted by molar-refractivity contribution is 6.56. The molecule has 2 saturated heterocycles. The van der Waals surface area contributed by atoms with Crippen molar-refractivity contribution >= 4 is 25.1 Å². The van der Waals surface area contributed by atoms with E-state index in [1.54, 1.807) is 7.41 Å². The Morgan fingerprint density at radius 3 is 2.52 bits per heavy atom. The molecule has 0 bridgehead atoms. The number of allylic oxidation sites excluding steroid dienone is 4. The van der Waals surface area contributed by atoms with Crippen LogP contribution in [-0.4, -0.2) is 36.0 Å². The third-order valence-electron chi connectivity index (χ3n) is 4.86.